The molecule has 15 heteroatoms. The van der Waals surface area contributed by atoms with Crippen molar-refractivity contribution < 1.29 is 31.1 Å². The number of sulfonamides is 1. The molecule has 1 N–H and O–H groups in total. The van der Waals surface area contributed by atoms with Crippen molar-refractivity contribution in [3.63, 3.8) is 0 Å². The third-order valence-electron chi connectivity index (χ3n) is 8.10. The van der Waals surface area contributed by atoms with Gasteiger partial charge in [-0.05, 0) is 64.2 Å². The van der Waals surface area contributed by atoms with Crippen LogP contribution in [0.4, 0.5) is 19.0 Å². The summed E-state index contributed by atoms with van der Waals surface area (Å²) in [6.07, 6.45) is -0.550. The molecule has 1 aliphatic carbocycles. The van der Waals surface area contributed by atoms with Crippen molar-refractivity contribution in [2.75, 3.05) is 18.1 Å². The van der Waals surface area contributed by atoms with Crippen LogP contribution in [0.25, 0.3) is 5.82 Å². The zero-order valence-corrected chi connectivity index (χ0v) is 24.9. The van der Waals surface area contributed by atoms with Gasteiger partial charge in [-0.15, -0.1) is 0 Å². The molecule has 0 bridgehead atoms. The first-order valence-electron chi connectivity index (χ1n) is 13.6. The summed E-state index contributed by atoms with van der Waals surface area (Å²) in [4.78, 5) is 20.1. The first kappa shape index (κ1) is 30.0. The summed E-state index contributed by atoms with van der Waals surface area (Å²) in [5, 5.41) is 8.37. The van der Waals surface area contributed by atoms with Crippen LogP contribution in [0, 0.1) is 18.3 Å². The lowest BCUT2D eigenvalue weighted by Gasteiger charge is -2.34. The predicted octanol–water partition coefficient (Wildman–Crippen LogP) is 3.91. The monoisotopic (exact) mass is 609 g/mol. The Labute approximate surface area is 242 Å². The van der Waals surface area contributed by atoms with E-state index in [1.807, 2.05) is 18.7 Å². The molecule has 228 valence electrons. The molecule has 0 spiro atoms. The highest BCUT2D eigenvalue weighted by atomic mass is 32.2. The Balaban J connectivity index is 1.41. The van der Waals surface area contributed by atoms with E-state index in [-0.39, 0.29) is 35.4 Å². The average Bonchev–Trinajstić information content (AvgIpc) is 3.27. The molecular weight excluding hydrogens is 575 g/mol. The van der Waals surface area contributed by atoms with Crippen LogP contribution in [0.15, 0.2) is 35.5 Å². The molecule has 3 aromatic rings. The minimum Gasteiger partial charge on any atom is -0.374 e. The highest BCUT2D eigenvalue weighted by Gasteiger charge is 2.63. The van der Waals surface area contributed by atoms with E-state index in [0.717, 1.165) is 6.42 Å². The molecule has 11 nitrogen and oxygen atoms in total. The van der Waals surface area contributed by atoms with Crippen molar-refractivity contribution in [3.05, 3.63) is 47.5 Å². The Kier molecular flexibility index (Phi) is 7.41. The Morgan fingerprint density at radius 2 is 1.93 bits per heavy atom. The third kappa shape index (κ3) is 5.63. The predicted molar refractivity (Wildman–Crippen MR) is 147 cm³/mol. The standard InChI is InChI=1S/C27H34F3N7O4S/c1-17-12-25(3,4)36(14-17)23-20(24(38)34-42(39,40)21-13-31-35(5)18(21)2)6-7-22(32-23)37-11-8-19(33-37)15-41-16-26(9-10-26)27(28,29)30/h6-8,11,13,17H,9-10,12,14-16H2,1-5H3,(H,34,38)/t17-/m0/s1. The zero-order valence-electron chi connectivity index (χ0n) is 24.1. The van der Waals surface area contributed by atoms with Gasteiger partial charge in [-0.25, -0.2) is 22.8 Å². The molecule has 1 atom stereocenters. The summed E-state index contributed by atoms with van der Waals surface area (Å²) in [6.45, 7) is 7.81. The second kappa shape index (κ2) is 10.4. The molecule has 1 saturated carbocycles. The van der Waals surface area contributed by atoms with Crippen molar-refractivity contribution in [3.8, 4) is 5.82 Å². The number of halogens is 3. The fourth-order valence-corrected chi connectivity index (χ4v) is 6.63. The van der Waals surface area contributed by atoms with Gasteiger partial charge in [0.1, 0.15) is 10.7 Å². The zero-order chi connectivity index (χ0) is 30.7. The van der Waals surface area contributed by atoms with Crippen LogP contribution in [-0.2, 0) is 28.4 Å². The molecule has 0 aromatic carbocycles. The van der Waals surface area contributed by atoms with Gasteiger partial charge in [0, 0.05) is 25.3 Å². The summed E-state index contributed by atoms with van der Waals surface area (Å²) in [5.74, 6) is 0.105. The average molecular weight is 610 g/mol. The van der Waals surface area contributed by atoms with Gasteiger partial charge in [0.15, 0.2) is 5.82 Å². The van der Waals surface area contributed by atoms with Crippen molar-refractivity contribution in [1.29, 1.82) is 0 Å². The minimum atomic E-state index is -4.29. The number of nitrogens with zero attached hydrogens (tertiary/aromatic N) is 6. The first-order valence-corrected chi connectivity index (χ1v) is 15.1. The summed E-state index contributed by atoms with van der Waals surface area (Å²) in [6, 6.07) is 4.66. The van der Waals surface area contributed by atoms with Gasteiger partial charge in [0.05, 0.1) is 41.8 Å². The second-order valence-corrected chi connectivity index (χ2v) is 13.6. The number of alkyl halides is 3. The van der Waals surface area contributed by atoms with Gasteiger partial charge in [-0.1, -0.05) is 6.92 Å². The number of rotatable bonds is 9. The molecule has 0 radical (unpaired) electrons. The highest BCUT2D eigenvalue weighted by Crippen LogP contribution is 2.57. The van der Waals surface area contributed by atoms with Gasteiger partial charge < -0.3 is 9.64 Å². The van der Waals surface area contributed by atoms with Crippen LogP contribution < -0.4 is 9.62 Å². The number of hydrogen-bond acceptors (Lipinski definition) is 8. The fourth-order valence-electron chi connectivity index (χ4n) is 5.46. The molecule has 1 aliphatic heterocycles. The van der Waals surface area contributed by atoms with E-state index in [1.165, 1.54) is 27.7 Å². The van der Waals surface area contributed by atoms with Crippen LogP contribution in [-0.4, -0.2) is 63.7 Å². The van der Waals surface area contributed by atoms with E-state index < -0.39 is 34.1 Å². The number of aromatic nitrogens is 5. The van der Waals surface area contributed by atoms with Gasteiger partial charge in [-0.3, -0.25) is 9.48 Å². The highest BCUT2D eigenvalue weighted by molar-refractivity contribution is 7.90. The van der Waals surface area contributed by atoms with Crippen LogP contribution in [0.5, 0.6) is 0 Å². The van der Waals surface area contributed by atoms with Gasteiger partial charge in [0.2, 0.25) is 0 Å². The number of carbonyl (C=O) groups is 1. The van der Waals surface area contributed by atoms with Gasteiger partial charge in [0.25, 0.3) is 15.9 Å². The molecule has 2 fully saturated rings. The quantitative estimate of drug-likeness (QED) is 0.387. The van der Waals surface area contributed by atoms with Gasteiger partial charge in [-0.2, -0.15) is 23.4 Å². The lowest BCUT2D eigenvalue weighted by molar-refractivity contribution is -0.202. The number of ether oxygens (including phenoxy) is 1. The van der Waals surface area contributed by atoms with Gasteiger partial charge >= 0.3 is 6.18 Å². The molecular formula is C27H34F3N7O4S. The van der Waals surface area contributed by atoms with Crippen molar-refractivity contribution in [2.24, 2.45) is 18.4 Å². The SMILES string of the molecule is Cc1c(S(=O)(=O)NC(=O)c2ccc(-n3ccc(COCC4(C(F)(F)F)CC4)n3)nc2N2C[C@@H](C)CC2(C)C)cnn1C. The number of hydrogen-bond donors (Lipinski definition) is 1. The Morgan fingerprint density at radius 3 is 2.50 bits per heavy atom. The summed E-state index contributed by atoms with van der Waals surface area (Å²) >= 11 is 0. The second-order valence-electron chi connectivity index (χ2n) is 11.9. The van der Waals surface area contributed by atoms with Crippen LogP contribution in [0.1, 0.15) is 61.8 Å². The van der Waals surface area contributed by atoms with Crippen molar-refractivity contribution >= 4 is 21.7 Å². The van der Waals surface area contributed by atoms with E-state index in [9.17, 15) is 26.4 Å². The smallest absolute Gasteiger partial charge is 0.374 e. The summed E-state index contributed by atoms with van der Waals surface area (Å²) < 4.78 is 76.1. The molecule has 1 saturated heterocycles. The topological polar surface area (TPSA) is 124 Å². The van der Waals surface area contributed by atoms with E-state index in [2.05, 4.69) is 21.8 Å². The van der Waals surface area contributed by atoms with Crippen LogP contribution in [0.2, 0.25) is 0 Å². The van der Waals surface area contributed by atoms with Crippen LogP contribution in [0.3, 0.4) is 0 Å². The molecule has 4 heterocycles. The largest absolute Gasteiger partial charge is 0.396 e. The maximum absolute atomic E-state index is 13.4. The van der Waals surface area contributed by atoms with Crippen molar-refractivity contribution in [1.82, 2.24) is 29.3 Å². The van der Waals surface area contributed by atoms with E-state index in [4.69, 9.17) is 9.72 Å². The molecule has 42 heavy (non-hydrogen) atoms. The molecule has 1 amide bonds. The van der Waals surface area contributed by atoms with E-state index in [0.29, 0.717) is 35.5 Å². The molecule has 0 unspecified atom stereocenters. The maximum atomic E-state index is 13.4. The summed E-state index contributed by atoms with van der Waals surface area (Å²) in [5.41, 5.74) is -1.26. The number of aryl methyl sites for hydroxylation is 1. The number of carbonyl (C=O) groups excluding carboxylic acids is 1. The van der Waals surface area contributed by atoms with E-state index in [1.54, 1.807) is 26.2 Å². The Bertz CT molecular complexity index is 1610. The lowest BCUT2D eigenvalue weighted by atomic mass is 9.97. The molecule has 3 aromatic heterocycles. The number of pyridine rings is 1. The lowest BCUT2D eigenvalue weighted by Crippen LogP contribution is -2.41. The number of amides is 1. The molecule has 5 rings (SSSR count). The number of anilines is 1. The molecule has 2 aliphatic rings. The van der Waals surface area contributed by atoms with Crippen LogP contribution >= 0.6 is 0 Å². The Morgan fingerprint density at radius 1 is 1.21 bits per heavy atom. The van der Waals surface area contributed by atoms with E-state index >= 15 is 0 Å². The maximum Gasteiger partial charge on any atom is 0.396 e. The fraction of sp³-hybridized carbons (Fsp3) is 0.556. The Hall–Kier alpha value is -3.46. The third-order valence-corrected chi connectivity index (χ3v) is 9.54. The normalized spacial score (nSPS) is 19.7. The number of nitrogens with one attached hydrogen (secondary N) is 1. The first-order chi connectivity index (χ1) is 19.5. The minimum absolute atomic E-state index is 0.0617. The summed E-state index contributed by atoms with van der Waals surface area (Å²) in [7, 11) is -2.61. The van der Waals surface area contributed by atoms with Crippen molar-refractivity contribution in [2.45, 2.75) is 70.2 Å².